The predicted octanol–water partition coefficient (Wildman–Crippen LogP) is 22.0. The molecule has 16 aromatic carbocycles. The molecule has 0 aliphatic rings. The van der Waals surface area contributed by atoms with Crippen molar-refractivity contribution in [3.8, 4) is 33.4 Å². The lowest BCUT2D eigenvalue weighted by atomic mass is 9.81. The summed E-state index contributed by atoms with van der Waals surface area (Å²) in [7, 11) is 0. The highest BCUT2D eigenvalue weighted by Gasteiger charge is 2.24. The minimum Gasteiger partial charge on any atom is -0.456 e. The summed E-state index contributed by atoms with van der Waals surface area (Å²) in [6.45, 7) is 0. The Hall–Kier alpha value is -10.3. The first-order valence-corrected chi connectivity index (χ1v) is 27.0. The third kappa shape index (κ3) is 5.70. The number of benzene rings is 16. The monoisotopic (exact) mass is 986 g/mol. The molecule has 0 saturated heterocycles. The lowest BCUT2D eigenvalue weighted by Crippen LogP contribution is -1.94. The van der Waals surface area contributed by atoms with E-state index in [0.29, 0.717) is 0 Å². The van der Waals surface area contributed by atoms with Crippen LogP contribution in [0.25, 0.3) is 185 Å². The fourth-order valence-corrected chi connectivity index (χ4v) is 14.1. The molecule has 78 heavy (non-hydrogen) atoms. The summed E-state index contributed by atoms with van der Waals surface area (Å²) in [5.74, 6) is 0. The van der Waals surface area contributed by atoms with E-state index in [4.69, 9.17) is 8.83 Å². The van der Waals surface area contributed by atoms with Gasteiger partial charge in [0.15, 0.2) is 0 Å². The maximum atomic E-state index is 6.76. The van der Waals surface area contributed by atoms with Gasteiger partial charge < -0.3 is 8.83 Å². The summed E-state index contributed by atoms with van der Waals surface area (Å²) in [6.07, 6.45) is 0. The van der Waals surface area contributed by atoms with Crippen molar-refractivity contribution >= 4 is 152 Å². The Morgan fingerprint density at radius 1 is 0.141 bits per heavy atom. The summed E-state index contributed by atoms with van der Waals surface area (Å²) in [6, 6.07) is 94.2. The number of hydrogen-bond acceptors (Lipinski definition) is 2. The van der Waals surface area contributed by atoms with Crippen molar-refractivity contribution in [3.05, 3.63) is 255 Å². The quantitative estimate of drug-likeness (QED) is 0.130. The van der Waals surface area contributed by atoms with E-state index in [1.54, 1.807) is 0 Å². The zero-order valence-electron chi connectivity index (χ0n) is 42.1. The van der Waals surface area contributed by atoms with Crippen LogP contribution in [0.5, 0.6) is 0 Å². The van der Waals surface area contributed by atoms with Crippen molar-refractivity contribution in [2.75, 3.05) is 0 Å². The zero-order valence-corrected chi connectivity index (χ0v) is 42.1. The lowest BCUT2D eigenvalue weighted by molar-refractivity contribution is 0.669. The SMILES string of the molecule is c1ccc2c(-c3c4ccccc4c(-c4ccc5oc6cc7c8ccccc8c8ccccc8c7cc6c5c4)c4ccccc34)c3ccccc3c(-c3ccc4oc5cc6c7ccccc7c7ccccc7c6cc5c4c3)c2c1. The summed E-state index contributed by atoms with van der Waals surface area (Å²) >= 11 is 0. The van der Waals surface area contributed by atoms with Crippen LogP contribution in [-0.4, -0.2) is 0 Å². The van der Waals surface area contributed by atoms with Gasteiger partial charge >= 0.3 is 0 Å². The predicted molar refractivity (Wildman–Crippen MR) is 332 cm³/mol. The van der Waals surface area contributed by atoms with Gasteiger partial charge in [0.25, 0.3) is 0 Å². The molecule has 0 amide bonds. The van der Waals surface area contributed by atoms with Gasteiger partial charge in [0.2, 0.25) is 0 Å². The van der Waals surface area contributed by atoms with Crippen LogP contribution in [0.2, 0.25) is 0 Å². The molecule has 0 bridgehead atoms. The first kappa shape index (κ1) is 42.0. The molecule has 0 spiro atoms. The number of fused-ring (bicyclic) bond motifs is 22. The van der Waals surface area contributed by atoms with Gasteiger partial charge in [-0.3, -0.25) is 0 Å². The smallest absolute Gasteiger partial charge is 0.136 e. The molecule has 358 valence electrons. The van der Waals surface area contributed by atoms with Crippen LogP contribution in [0.4, 0.5) is 0 Å². The van der Waals surface area contributed by atoms with E-state index in [0.717, 1.165) is 55.0 Å². The zero-order chi connectivity index (χ0) is 50.7. The van der Waals surface area contributed by atoms with Gasteiger partial charge in [-0.25, -0.2) is 0 Å². The average Bonchev–Trinajstić information content (AvgIpc) is 4.09. The maximum Gasteiger partial charge on any atom is 0.136 e. The minimum atomic E-state index is 0.886. The third-order valence-corrected chi connectivity index (χ3v) is 17.4. The van der Waals surface area contributed by atoms with Crippen LogP contribution < -0.4 is 0 Å². The molecule has 18 rings (SSSR count). The maximum absolute atomic E-state index is 6.76. The molecular formula is C76H42O2. The highest BCUT2D eigenvalue weighted by atomic mass is 16.3. The molecule has 0 unspecified atom stereocenters. The van der Waals surface area contributed by atoms with Gasteiger partial charge in [-0.1, -0.05) is 206 Å². The largest absolute Gasteiger partial charge is 0.456 e. The molecule has 0 N–H and O–H groups in total. The van der Waals surface area contributed by atoms with Crippen LogP contribution in [-0.2, 0) is 0 Å². The van der Waals surface area contributed by atoms with Crippen LogP contribution in [0.3, 0.4) is 0 Å². The van der Waals surface area contributed by atoms with E-state index in [1.807, 2.05) is 0 Å². The molecule has 0 aliphatic carbocycles. The average molecular weight is 987 g/mol. The molecule has 0 aliphatic heterocycles. The standard InChI is InChI=1S/C76H42O2/c1-5-21-49-45(17-1)47-19-3-7-23-51(47)63-41-71-67(39-61(49)63)65-37-43(33-35-69(65)77-71)73-53-25-9-13-29-57(53)75(58-30-14-10-26-54(58)73)76-59-31-15-11-27-55(59)74(56-28-12-16-32-60(56)76)44-34-36-70-66(38-44)68-40-62-50-22-6-2-18-46(50)48-20-4-8-24-52(48)64(62)42-72(68)78-70/h1-42H. The topological polar surface area (TPSA) is 26.3 Å². The van der Waals surface area contributed by atoms with E-state index in [1.165, 1.54) is 130 Å². The van der Waals surface area contributed by atoms with Crippen LogP contribution in [0, 0.1) is 0 Å². The fourth-order valence-electron chi connectivity index (χ4n) is 14.1. The second-order valence-electron chi connectivity index (χ2n) is 21.3. The second kappa shape index (κ2) is 15.6. The van der Waals surface area contributed by atoms with Crippen molar-refractivity contribution in [3.63, 3.8) is 0 Å². The molecule has 0 saturated carbocycles. The van der Waals surface area contributed by atoms with E-state index in [2.05, 4.69) is 255 Å². The van der Waals surface area contributed by atoms with Gasteiger partial charge in [-0.15, -0.1) is 0 Å². The number of rotatable bonds is 3. The van der Waals surface area contributed by atoms with Crippen molar-refractivity contribution < 1.29 is 8.83 Å². The highest BCUT2D eigenvalue weighted by molar-refractivity contribution is 6.33. The molecular weight excluding hydrogens is 945 g/mol. The molecule has 2 heterocycles. The summed E-state index contributed by atoms with van der Waals surface area (Å²) in [4.78, 5) is 0. The van der Waals surface area contributed by atoms with Crippen LogP contribution >= 0.6 is 0 Å². The Morgan fingerprint density at radius 2 is 0.359 bits per heavy atom. The minimum absolute atomic E-state index is 0.886. The second-order valence-corrected chi connectivity index (χ2v) is 21.3. The van der Waals surface area contributed by atoms with Crippen molar-refractivity contribution in [2.24, 2.45) is 0 Å². The number of hydrogen-bond donors (Lipinski definition) is 0. The number of furan rings is 2. The fraction of sp³-hybridized carbons (Fsp3) is 0. The van der Waals surface area contributed by atoms with Gasteiger partial charge in [-0.05, 0) is 190 Å². The first-order valence-electron chi connectivity index (χ1n) is 27.0. The normalized spacial score (nSPS) is 12.4. The molecule has 0 radical (unpaired) electrons. The molecule has 18 aromatic rings. The summed E-state index contributed by atoms with van der Waals surface area (Å²) in [5, 5.41) is 29.1. The van der Waals surface area contributed by atoms with Crippen molar-refractivity contribution in [1.82, 2.24) is 0 Å². The third-order valence-electron chi connectivity index (χ3n) is 17.4. The highest BCUT2D eigenvalue weighted by Crippen LogP contribution is 2.52. The molecule has 2 aromatic heterocycles. The Morgan fingerprint density at radius 3 is 0.641 bits per heavy atom. The van der Waals surface area contributed by atoms with Gasteiger partial charge in [0, 0.05) is 21.5 Å². The molecule has 2 heteroatoms. The lowest BCUT2D eigenvalue weighted by Gasteiger charge is -2.22. The first-order chi connectivity index (χ1) is 38.7. The summed E-state index contributed by atoms with van der Waals surface area (Å²) in [5.41, 5.74) is 10.8. The molecule has 0 atom stereocenters. The van der Waals surface area contributed by atoms with Crippen LogP contribution in [0.1, 0.15) is 0 Å². The molecule has 0 fully saturated rings. The van der Waals surface area contributed by atoms with Gasteiger partial charge in [0.1, 0.15) is 22.3 Å². The Balaban J connectivity index is 0.862. The van der Waals surface area contributed by atoms with Gasteiger partial charge in [-0.2, -0.15) is 0 Å². The van der Waals surface area contributed by atoms with E-state index in [-0.39, 0.29) is 0 Å². The Labute approximate surface area is 446 Å². The Bertz CT molecular complexity index is 5230. The van der Waals surface area contributed by atoms with Crippen molar-refractivity contribution in [1.29, 1.82) is 0 Å². The van der Waals surface area contributed by atoms with Gasteiger partial charge in [0.05, 0.1) is 0 Å². The van der Waals surface area contributed by atoms with E-state index < -0.39 is 0 Å². The van der Waals surface area contributed by atoms with E-state index in [9.17, 15) is 0 Å². The molecule has 2 nitrogen and oxygen atoms in total. The summed E-state index contributed by atoms with van der Waals surface area (Å²) < 4.78 is 13.5. The van der Waals surface area contributed by atoms with Crippen LogP contribution in [0.15, 0.2) is 264 Å². The van der Waals surface area contributed by atoms with Crippen molar-refractivity contribution in [2.45, 2.75) is 0 Å². The Kier molecular flexibility index (Phi) is 8.42. The van der Waals surface area contributed by atoms with E-state index >= 15 is 0 Å².